The van der Waals surface area contributed by atoms with Crippen LogP contribution in [0.3, 0.4) is 0 Å². The highest BCUT2D eigenvalue weighted by Crippen LogP contribution is 2.33. The lowest BCUT2D eigenvalue weighted by Gasteiger charge is -2.21. The topological polar surface area (TPSA) is 61.4 Å². The summed E-state index contributed by atoms with van der Waals surface area (Å²) in [6.45, 7) is 2.80. The van der Waals surface area contributed by atoms with Crippen molar-refractivity contribution in [3.8, 4) is 0 Å². The van der Waals surface area contributed by atoms with Gasteiger partial charge in [0.1, 0.15) is 4.90 Å². The van der Waals surface area contributed by atoms with Gasteiger partial charge in [-0.25, -0.2) is 13.1 Å². The lowest BCUT2D eigenvalue weighted by atomic mass is 10.1. The summed E-state index contributed by atoms with van der Waals surface area (Å²) < 4.78 is 28.9. The van der Waals surface area contributed by atoms with E-state index in [1.165, 1.54) is 17.8 Å². The first kappa shape index (κ1) is 15.9. The van der Waals surface area contributed by atoms with Crippen LogP contribution in [0.5, 0.6) is 0 Å². The highest BCUT2D eigenvalue weighted by atomic mass is 79.9. The van der Waals surface area contributed by atoms with Gasteiger partial charge >= 0.3 is 0 Å². The van der Waals surface area contributed by atoms with Gasteiger partial charge in [-0.05, 0) is 54.9 Å². The van der Waals surface area contributed by atoms with Crippen molar-refractivity contribution in [3.05, 3.63) is 14.7 Å². The highest BCUT2D eigenvalue weighted by Gasteiger charge is 2.39. The molecule has 0 aromatic carbocycles. The lowest BCUT2D eigenvalue weighted by molar-refractivity contribution is 0.309. The number of nitrogens with zero attached hydrogens (tertiary/aromatic N) is 1. The van der Waals surface area contributed by atoms with Crippen molar-refractivity contribution >= 4 is 37.3 Å². The molecule has 2 aliphatic heterocycles. The molecule has 5 nitrogen and oxygen atoms in total. The quantitative estimate of drug-likeness (QED) is 0.799. The minimum atomic E-state index is -3.45. The van der Waals surface area contributed by atoms with E-state index in [-0.39, 0.29) is 6.04 Å². The average Bonchev–Trinajstić information content (AvgIpc) is 3.08. The fourth-order valence-electron chi connectivity index (χ4n) is 3.33. The van der Waals surface area contributed by atoms with Crippen molar-refractivity contribution < 1.29 is 8.42 Å². The molecule has 0 amide bonds. The van der Waals surface area contributed by atoms with E-state index < -0.39 is 10.0 Å². The van der Waals surface area contributed by atoms with E-state index in [9.17, 15) is 8.42 Å². The van der Waals surface area contributed by atoms with E-state index in [1.54, 1.807) is 6.07 Å². The largest absolute Gasteiger partial charge is 0.315 e. The minimum Gasteiger partial charge on any atom is -0.315 e. The van der Waals surface area contributed by atoms with E-state index in [0.29, 0.717) is 21.3 Å². The minimum absolute atomic E-state index is 0.0528. The number of halogens is 1. The fourth-order valence-corrected chi connectivity index (χ4v) is 7.32. The summed E-state index contributed by atoms with van der Waals surface area (Å²) >= 11 is 4.86. The predicted molar refractivity (Wildman–Crippen MR) is 88.1 cm³/mol. The Morgan fingerprint density at radius 1 is 1.43 bits per heavy atom. The van der Waals surface area contributed by atoms with Gasteiger partial charge in [0.25, 0.3) is 0 Å². The predicted octanol–water partition coefficient (Wildman–Crippen LogP) is 1.74. The Bertz CT molecular complexity index is 617. The van der Waals surface area contributed by atoms with Gasteiger partial charge in [-0.15, -0.1) is 11.3 Å². The van der Waals surface area contributed by atoms with Gasteiger partial charge in [0.05, 0.1) is 3.79 Å². The molecule has 1 aromatic heterocycles. The Morgan fingerprint density at radius 2 is 2.24 bits per heavy atom. The maximum Gasteiger partial charge on any atom is 0.242 e. The standard InChI is InChI=1S/C13H20BrN3O2S2/c1-15-8-9-7-12(13(14)20-9)21(18,19)16-10-4-6-17-5-2-3-11(10)17/h7,10-11,15-16H,2-6,8H2,1H3. The molecule has 21 heavy (non-hydrogen) atoms. The van der Waals surface area contributed by atoms with E-state index in [1.807, 2.05) is 7.05 Å². The second-order valence-electron chi connectivity index (χ2n) is 5.64. The van der Waals surface area contributed by atoms with E-state index in [0.717, 1.165) is 30.8 Å². The Morgan fingerprint density at radius 3 is 3.00 bits per heavy atom. The molecule has 2 aliphatic rings. The first-order valence-electron chi connectivity index (χ1n) is 7.20. The zero-order valence-corrected chi connectivity index (χ0v) is 15.2. The number of thiophene rings is 1. The van der Waals surface area contributed by atoms with E-state index in [4.69, 9.17) is 0 Å². The van der Waals surface area contributed by atoms with Gasteiger partial charge in [-0.2, -0.15) is 0 Å². The maximum absolute atomic E-state index is 12.6. The average molecular weight is 394 g/mol. The Hall–Kier alpha value is 0.01000. The fraction of sp³-hybridized carbons (Fsp3) is 0.692. The van der Waals surface area contributed by atoms with Crippen LogP contribution in [0.25, 0.3) is 0 Å². The number of nitrogens with one attached hydrogen (secondary N) is 2. The number of fused-ring (bicyclic) bond motifs is 1. The SMILES string of the molecule is CNCc1cc(S(=O)(=O)NC2CCN3CCCC23)c(Br)s1. The van der Waals surface area contributed by atoms with Crippen molar-refractivity contribution in [3.63, 3.8) is 0 Å². The van der Waals surface area contributed by atoms with Gasteiger partial charge in [0.15, 0.2) is 0 Å². The molecule has 0 aliphatic carbocycles. The van der Waals surface area contributed by atoms with E-state index in [2.05, 4.69) is 30.9 Å². The molecule has 2 N–H and O–H groups in total. The molecule has 8 heteroatoms. The third-order valence-corrected chi connectivity index (χ3v) is 8.00. The molecule has 3 heterocycles. The third kappa shape index (κ3) is 3.20. The Kier molecular flexibility index (Phi) is 4.73. The van der Waals surface area contributed by atoms with Crippen molar-refractivity contribution in [2.45, 2.75) is 42.8 Å². The second kappa shape index (κ2) is 6.25. The monoisotopic (exact) mass is 393 g/mol. The van der Waals surface area contributed by atoms with Crippen LogP contribution in [0.4, 0.5) is 0 Å². The number of hydrogen-bond donors (Lipinski definition) is 2. The molecule has 0 saturated carbocycles. The van der Waals surface area contributed by atoms with Crippen LogP contribution in [0.15, 0.2) is 14.7 Å². The van der Waals surface area contributed by atoms with Crippen LogP contribution in [0, 0.1) is 0 Å². The van der Waals surface area contributed by atoms with Gasteiger partial charge in [-0.3, -0.25) is 4.90 Å². The highest BCUT2D eigenvalue weighted by molar-refractivity contribution is 9.11. The van der Waals surface area contributed by atoms with Crippen molar-refractivity contribution in [1.82, 2.24) is 14.9 Å². The van der Waals surface area contributed by atoms with Crippen molar-refractivity contribution in [2.75, 3.05) is 20.1 Å². The first-order chi connectivity index (χ1) is 10.0. The molecular weight excluding hydrogens is 374 g/mol. The zero-order chi connectivity index (χ0) is 15.0. The normalized spacial score (nSPS) is 26.4. The van der Waals surface area contributed by atoms with Crippen LogP contribution >= 0.6 is 27.3 Å². The van der Waals surface area contributed by atoms with Crippen LogP contribution in [0.2, 0.25) is 0 Å². The molecule has 118 valence electrons. The summed E-state index contributed by atoms with van der Waals surface area (Å²) in [5, 5.41) is 3.05. The van der Waals surface area contributed by atoms with Crippen LogP contribution in [0.1, 0.15) is 24.1 Å². The number of rotatable bonds is 5. The van der Waals surface area contributed by atoms with Crippen LogP contribution < -0.4 is 10.0 Å². The summed E-state index contributed by atoms with van der Waals surface area (Å²) in [6, 6.07) is 2.20. The Labute approximate surface area is 138 Å². The number of hydrogen-bond acceptors (Lipinski definition) is 5. The molecule has 0 radical (unpaired) electrons. The van der Waals surface area contributed by atoms with Gasteiger partial charge in [0.2, 0.25) is 10.0 Å². The smallest absolute Gasteiger partial charge is 0.242 e. The first-order valence-corrected chi connectivity index (χ1v) is 10.3. The lowest BCUT2D eigenvalue weighted by Crippen LogP contribution is -2.42. The van der Waals surface area contributed by atoms with Gasteiger partial charge in [0, 0.05) is 30.1 Å². The van der Waals surface area contributed by atoms with Gasteiger partial charge in [-0.1, -0.05) is 0 Å². The summed E-state index contributed by atoms with van der Waals surface area (Å²) in [4.78, 5) is 3.79. The maximum atomic E-state index is 12.6. The third-order valence-electron chi connectivity index (χ3n) is 4.26. The molecule has 2 unspecified atom stereocenters. The van der Waals surface area contributed by atoms with Crippen molar-refractivity contribution in [1.29, 1.82) is 0 Å². The summed E-state index contributed by atoms with van der Waals surface area (Å²) in [7, 11) is -1.60. The summed E-state index contributed by atoms with van der Waals surface area (Å²) in [5.74, 6) is 0. The molecule has 2 atom stereocenters. The zero-order valence-electron chi connectivity index (χ0n) is 11.9. The summed E-state index contributed by atoms with van der Waals surface area (Å²) in [6.07, 6.45) is 3.19. The molecule has 0 bridgehead atoms. The summed E-state index contributed by atoms with van der Waals surface area (Å²) in [5.41, 5.74) is 0. The molecule has 0 spiro atoms. The molecule has 2 saturated heterocycles. The number of sulfonamides is 1. The molecule has 3 rings (SSSR count). The molecule has 2 fully saturated rings. The van der Waals surface area contributed by atoms with Crippen molar-refractivity contribution in [2.24, 2.45) is 0 Å². The Balaban J connectivity index is 1.77. The van der Waals surface area contributed by atoms with Gasteiger partial charge < -0.3 is 5.32 Å². The van der Waals surface area contributed by atoms with Crippen LogP contribution in [-0.4, -0.2) is 45.5 Å². The van der Waals surface area contributed by atoms with Crippen LogP contribution in [-0.2, 0) is 16.6 Å². The van der Waals surface area contributed by atoms with E-state index >= 15 is 0 Å². The molecule has 1 aromatic rings. The second-order valence-corrected chi connectivity index (χ2v) is 9.78. The molecular formula is C13H20BrN3O2S2.